The van der Waals surface area contributed by atoms with Crippen LogP contribution in [0.5, 0.6) is 5.75 Å². The molecule has 0 fully saturated rings. The monoisotopic (exact) mass is 304 g/mol. The van der Waals surface area contributed by atoms with E-state index in [9.17, 15) is 0 Å². The van der Waals surface area contributed by atoms with Crippen molar-refractivity contribution in [3.63, 3.8) is 0 Å². The van der Waals surface area contributed by atoms with Gasteiger partial charge in [-0.3, -0.25) is 0 Å². The van der Waals surface area contributed by atoms with Gasteiger partial charge in [-0.15, -0.1) is 10.2 Å². The molecule has 0 aliphatic rings. The van der Waals surface area contributed by atoms with Crippen molar-refractivity contribution in [2.24, 2.45) is 0 Å². The first kappa shape index (κ1) is 9.28. The van der Waals surface area contributed by atoms with Crippen LogP contribution in [0.4, 0.5) is 0 Å². The highest BCUT2D eigenvalue weighted by Crippen LogP contribution is 2.23. The van der Waals surface area contributed by atoms with Gasteiger partial charge in [-0.05, 0) is 22.6 Å². The zero-order chi connectivity index (χ0) is 8.27. The predicted molar refractivity (Wildman–Crippen MR) is 51.6 cm³/mol. The van der Waals surface area contributed by atoms with Crippen LogP contribution >= 0.6 is 45.8 Å². The fourth-order valence-electron chi connectivity index (χ4n) is 0.498. The zero-order valence-corrected chi connectivity index (χ0v) is 8.89. The van der Waals surface area contributed by atoms with Gasteiger partial charge in [-0.1, -0.05) is 23.2 Å². The highest BCUT2D eigenvalue weighted by molar-refractivity contribution is 14.1. The van der Waals surface area contributed by atoms with Crippen LogP contribution in [0, 0.1) is 0 Å². The van der Waals surface area contributed by atoms with Crippen LogP contribution < -0.4 is 4.74 Å². The molecule has 0 aliphatic heterocycles. The summed E-state index contributed by atoms with van der Waals surface area (Å²) >= 11 is 13.2. The van der Waals surface area contributed by atoms with Gasteiger partial charge in [-0.2, -0.15) is 0 Å². The van der Waals surface area contributed by atoms with Crippen molar-refractivity contribution in [2.75, 3.05) is 4.61 Å². The molecular formula is C5H3Cl2IN2O. The van der Waals surface area contributed by atoms with Gasteiger partial charge in [0.2, 0.25) is 0 Å². The van der Waals surface area contributed by atoms with Crippen molar-refractivity contribution >= 4 is 45.8 Å². The van der Waals surface area contributed by atoms with Gasteiger partial charge in [-0.25, -0.2) is 0 Å². The summed E-state index contributed by atoms with van der Waals surface area (Å²) in [6.07, 6.45) is 0. The minimum absolute atomic E-state index is 0.228. The molecule has 60 valence electrons. The van der Waals surface area contributed by atoms with E-state index in [2.05, 4.69) is 10.2 Å². The van der Waals surface area contributed by atoms with E-state index >= 15 is 0 Å². The number of hydrogen-bond acceptors (Lipinski definition) is 3. The maximum atomic E-state index is 5.61. The molecule has 0 saturated heterocycles. The highest BCUT2D eigenvalue weighted by Gasteiger charge is 2.03. The Kier molecular flexibility index (Phi) is 3.61. The standard InChI is InChI=1S/C5H3Cl2IN2O/c6-4-1-3(11-2-8)5(7)10-9-4/h1H,2H2. The molecule has 0 atom stereocenters. The maximum Gasteiger partial charge on any atom is 0.193 e. The smallest absolute Gasteiger partial charge is 0.193 e. The lowest BCUT2D eigenvalue weighted by molar-refractivity contribution is 0.401. The lowest BCUT2D eigenvalue weighted by atomic mass is 10.5. The molecule has 0 bridgehead atoms. The number of nitrogens with zero attached hydrogens (tertiary/aromatic N) is 2. The Bertz CT molecular complexity index is 258. The van der Waals surface area contributed by atoms with E-state index in [4.69, 9.17) is 27.9 Å². The van der Waals surface area contributed by atoms with E-state index in [1.54, 1.807) is 0 Å². The molecule has 1 rings (SSSR count). The number of hydrogen-bond donors (Lipinski definition) is 0. The molecule has 11 heavy (non-hydrogen) atoms. The van der Waals surface area contributed by atoms with Crippen LogP contribution in [0.25, 0.3) is 0 Å². The summed E-state index contributed by atoms with van der Waals surface area (Å²) in [6.45, 7) is 0. The second kappa shape index (κ2) is 4.27. The average molecular weight is 305 g/mol. The van der Waals surface area contributed by atoms with Gasteiger partial charge >= 0.3 is 0 Å². The van der Waals surface area contributed by atoms with Crippen LogP contribution in [0.3, 0.4) is 0 Å². The molecule has 1 aromatic rings. The third kappa shape index (κ3) is 2.61. The molecule has 0 unspecified atom stereocenters. The predicted octanol–water partition coefficient (Wildman–Crippen LogP) is 2.55. The molecule has 0 amide bonds. The van der Waals surface area contributed by atoms with Gasteiger partial charge < -0.3 is 4.74 Å². The summed E-state index contributed by atoms with van der Waals surface area (Å²) in [4.78, 5) is 0. The number of alkyl halides is 1. The third-order valence-electron chi connectivity index (χ3n) is 0.897. The molecule has 1 heterocycles. The first-order chi connectivity index (χ1) is 5.24. The summed E-state index contributed by atoms with van der Waals surface area (Å²) in [7, 11) is 0. The topological polar surface area (TPSA) is 35.0 Å². The average Bonchev–Trinajstić information content (AvgIpc) is 1.98. The Hall–Kier alpha value is 0.190. The Balaban J connectivity index is 2.93. The summed E-state index contributed by atoms with van der Waals surface area (Å²) in [5, 5.41) is 7.58. The molecular weight excluding hydrogens is 302 g/mol. The number of aromatic nitrogens is 2. The number of halogens is 3. The molecule has 0 spiro atoms. The molecule has 0 saturated carbocycles. The molecule has 0 radical (unpaired) electrons. The van der Waals surface area contributed by atoms with Crippen molar-refractivity contribution < 1.29 is 4.74 Å². The van der Waals surface area contributed by atoms with Gasteiger partial charge in [0.1, 0.15) is 4.61 Å². The van der Waals surface area contributed by atoms with E-state index in [-0.39, 0.29) is 10.3 Å². The fourth-order valence-corrected chi connectivity index (χ4v) is 1.12. The lowest BCUT2D eigenvalue weighted by Gasteiger charge is -2.01. The van der Waals surface area contributed by atoms with E-state index in [1.165, 1.54) is 6.07 Å². The van der Waals surface area contributed by atoms with Gasteiger partial charge in [0.15, 0.2) is 16.1 Å². The fraction of sp³-hybridized carbons (Fsp3) is 0.200. The zero-order valence-electron chi connectivity index (χ0n) is 5.22. The van der Waals surface area contributed by atoms with Crippen molar-refractivity contribution in [1.82, 2.24) is 10.2 Å². The summed E-state index contributed by atoms with van der Waals surface area (Å²) in [6, 6.07) is 1.52. The van der Waals surface area contributed by atoms with Crippen LogP contribution in [-0.4, -0.2) is 14.8 Å². The molecule has 3 nitrogen and oxygen atoms in total. The largest absolute Gasteiger partial charge is 0.480 e. The van der Waals surface area contributed by atoms with Crippen LogP contribution in [0.15, 0.2) is 6.07 Å². The normalized spacial score (nSPS) is 9.73. The number of rotatable bonds is 2. The summed E-state index contributed by atoms with van der Waals surface area (Å²) in [5.74, 6) is 0.459. The van der Waals surface area contributed by atoms with Crippen molar-refractivity contribution in [3.05, 3.63) is 16.4 Å². The van der Waals surface area contributed by atoms with Crippen molar-refractivity contribution in [1.29, 1.82) is 0 Å². The number of ether oxygens (including phenoxy) is 1. The first-order valence-electron chi connectivity index (χ1n) is 2.61. The van der Waals surface area contributed by atoms with Gasteiger partial charge in [0.25, 0.3) is 0 Å². The van der Waals surface area contributed by atoms with Gasteiger partial charge in [0, 0.05) is 6.07 Å². The lowest BCUT2D eigenvalue weighted by Crippen LogP contribution is -1.92. The first-order valence-corrected chi connectivity index (χ1v) is 4.89. The minimum Gasteiger partial charge on any atom is -0.480 e. The third-order valence-corrected chi connectivity index (χ3v) is 1.65. The van der Waals surface area contributed by atoms with Crippen LogP contribution in [-0.2, 0) is 0 Å². The molecule has 1 aromatic heterocycles. The van der Waals surface area contributed by atoms with E-state index in [0.717, 1.165) is 0 Å². The Labute approximate surface area is 87.2 Å². The van der Waals surface area contributed by atoms with E-state index in [1.807, 2.05) is 22.6 Å². The van der Waals surface area contributed by atoms with Gasteiger partial charge in [0.05, 0.1) is 0 Å². The van der Waals surface area contributed by atoms with Crippen LogP contribution in [0.2, 0.25) is 10.3 Å². The molecule has 0 N–H and O–H groups in total. The summed E-state index contributed by atoms with van der Waals surface area (Å²) < 4.78 is 5.58. The Morgan fingerprint density at radius 1 is 1.45 bits per heavy atom. The molecule has 0 aliphatic carbocycles. The SMILES string of the molecule is Clc1cc(OCI)c(Cl)nn1. The molecule has 6 heteroatoms. The summed E-state index contributed by atoms with van der Waals surface area (Å²) in [5.41, 5.74) is 0. The molecule has 0 aromatic carbocycles. The maximum absolute atomic E-state index is 5.61. The highest BCUT2D eigenvalue weighted by atomic mass is 127. The second-order valence-electron chi connectivity index (χ2n) is 1.58. The quantitative estimate of drug-likeness (QED) is 0.622. The van der Waals surface area contributed by atoms with E-state index < -0.39 is 0 Å². The Morgan fingerprint density at radius 3 is 2.82 bits per heavy atom. The second-order valence-corrected chi connectivity index (χ2v) is 2.94. The minimum atomic E-state index is 0.228. The van der Waals surface area contributed by atoms with Crippen LogP contribution in [0.1, 0.15) is 0 Å². The Morgan fingerprint density at radius 2 is 2.18 bits per heavy atom. The van der Waals surface area contributed by atoms with E-state index in [0.29, 0.717) is 10.4 Å². The van der Waals surface area contributed by atoms with Crippen molar-refractivity contribution in [3.8, 4) is 5.75 Å². The van der Waals surface area contributed by atoms with Crippen molar-refractivity contribution in [2.45, 2.75) is 0 Å².